The molecule has 0 heterocycles. The number of hydrogen-bond acceptors (Lipinski definition) is 1. The van der Waals surface area contributed by atoms with E-state index in [9.17, 15) is 5.11 Å². The molecule has 0 spiro atoms. The summed E-state index contributed by atoms with van der Waals surface area (Å²) in [5.41, 5.74) is 0.871. The summed E-state index contributed by atoms with van der Waals surface area (Å²) in [5, 5.41) is 9.52. The Balaban J connectivity index is 2.22. The SMILES string of the molecule is C=C(C)C(O)CCC1C=CC=CC1. The van der Waals surface area contributed by atoms with Gasteiger partial charge in [-0.05, 0) is 32.1 Å². The van der Waals surface area contributed by atoms with Gasteiger partial charge in [0.1, 0.15) is 0 Å². The van der Waals surface area contributed by atoms with E-state index in [-0.39, 0.29) is 6.10 Å². The van der Waals surface area contributed by atoms with Gasteiger partial charge >= 0.3 is 0 Å². The number of hydrogen-bond donors (Lipinski definition) is 1. The second-order valence-electron chi connectivity index (χ2n) is 3.75. The van der Waals surface area contributed by atoms with E-state index in [1.165, 1.54) is 0 Å². The van der Waals surface area contributed by atoms with E-state index < -0.39 is 0 Å². The van der Waals surface area contributed by atoms with E-state index in [0.29, 0.717) is 5.92 Å². The molecule has 1 heteroatoms. The Kier molecular flexibility index (Phi) is 3.97. The Morgan fingerprint density at radius 3 is 2.92 bits per heavy atom. The van der Waals surface area contributed by atoms with Gasteiger partial charge in [0.05, 0.1) is 6.10 Å². The minimum absolute atomic E-state index is 0.320. The summed E-state index contributed by atoms with van der Waals surface area (Å²) in [7, 11) is 0. The first-order chi connectivity index (χ1) is 6.20. The third kappa shape index (κ3) is 3.60. The molecule has 1 nitrogen and oxygen atoms in total. The maximum atomic E-state index is 9.52. The van der Waals surface area contributed by atoms with Crippen LogP contribution in [-0.4, -0.2) is 11.2 Å². The molecule has 0 fully saturated rings. The van der Waals surface area contributed by atoms with E-state index in [0.717, 1.165) is 24.8 Å². The maximum Gasteiger partial charge on any atom is 0.0745 e. The lowest BCUT2D eigenvalue weighted by Gasteiger charge is -2.15. The molecule has 0 radical (unpaired) electrons. The lowest BCUT2D eigenvalue weighted by molar-refractivity contribution is 0.192. The van der Waals surface area contributed by atoms with Crippen LogP contribution < -0.4 is 0 Å². The highest BCUT2D eigenvalue weighted by atomic mass is 16.3. The minimum Gasteiger partial charge on any atom is -0.389 e. The van der Waals surface area contributed by atoms with E-state index in [1.54, 1.807) is 0 Å². The van der Waals surface area contributed by atoms with Gasteiger partial charge in [0, 0.05) is 0 Å². The van der Waals surface area contributed by atoms with Crippen LogP contribution in [-0.2, 0) is 0 Å². The van der Waals surface area contributed by atoms with Crippen molar-refractivity contribution >= 4 is 0 Å². The maximum absolute atomic E-state index is 9.52. The molecule has 2 unspecified atom stereocenters. The molecule has 72 valence electrons. The van der Waals surface area contributed by atoms with Crippen LogP contribution in [0.1, 0.15) is 26.2 Å². The van der Waals surface area contributed by atoms with Crippen LogP contribution in [0.2, 0.25) is 0 Å². The zero-order chi connectivity index (χ0) is 9.68. The van der Waals surface area contributed by atoms with Gasteiger partial charge in [-0.1, -0.05) is 36.5 Å². The van der Waals surface area contributed by atoms with Crippen molar-refractivity contribution in [2.24, 2.45) is 5.92 Å². The molecule has 0 amide bonds. The number of allylic oxidation sites excluding steroid dienone is 4. The fraction of sp³-hybridized carbons (Fsp3) is 0.500. The van der Waals surface area contributed by atoms with Crippen molar-refractivity contribution < 1.29 is 5.11 Å². The summed E-state index contributed by atoms with van der Waals surface area (Å²) in [6.45, 7) is 5.61. The molecule has 1 N–H and O–H groups in total. The van der Waals surface area contributed by atoms with Crippen molar-refractivity contribution in [2.75, 3.05) is 0 Å². The average molecular weight is 178 g/mol. The Bertz CT molecular complexity index is 225. The zero-order valence-electron chi connectivity index (χ0n) is 8.24. The van der Waals surface area contributed by atoms with E-state index >= 15 is 0 Å². The minimum atomic E-state index is -0.320. The fourth-order valence-electron chi connectivity index (χ4n) is 1.46. The highest BCUT2D eigenvalue weighted by Gasteiger charge is 2.09. The van der Waals surface area contributed by atoms with Crippen LogP contribution in [0.25, 0.3) is 0 Å². The van der Waals surface area contributed by atoms with Crippen molar-refractivity contribution in [3.63, 3.8) is 0 Å². The normalized spacial score (nSPS) is 23.1. The second-order valence-corrected chi connectivity index (χ2v) is 3.75. The van der Waals surface area contributed by atoms with Gasteiger partial charge in [0.2, 0.25) is 0 Å². The van der Waals surface area contributed by atoms with E-state index in [4.69, 9.17) is 0 Å². The summed E-state index contributed by atoms with van der Waals surface area (Å²) < 4.78 is 0. The first-order valence-corrected chi connectivity index (χ1v) is 4.87. The predicted molar refractivity (Wildman–Crippen MR) is 56.4 cm³/mol. The fourth-order valence-corrected chi connectivity index (χ4v) is 1.46. The largest absolute Gasteiger partial charge is 0.389 e. The van der Waals surface area contributed by atoms with Crippen molar-refractivity contribution in [1.82, 2.24) is 0 Å². The van der Waals surface area contributed by atoms with Gasteiger partial charge in [-0.2, -0.15) is 0 Å². The average Bonchev–Trinajstić information content (AvgIpc) is 2.15. The topological polar surface area (TPSA) is 20.2 Å². The van der Waals surface area contributed by atoms with Gasteiger partial charge in [0.25, 0.3) is 0 Å². The van der Waals surface area contributed by atoms with Gasteiger partial charge < -0.3 is 5.11 Å². The zero-order valence-corrected chi connectivity index (χ0v) is 8.24. The summed E-state index contributed by atoms with van der Waals surface area (Å²) in [6.07, 6.45) is 11.2. The van der Waals surface area contributed by atoms with Crippen LogP contribution >= 0.6 is 0 Å². The number of aliphatic hydroxyl groups is 1. The monoisotopic (exact) mass is 178 g/mol. The van der Waals surface area contributed by atoms with Gasteiger partial charge in [0.15, 0.2) is 0 Å². The van der Waals surface area contributed by atoms with Crippen LogP contribution in [0.15, 0.2) is 36.5 Å². The molecule has 13 heavy (non-hydrogen) atoms. The van der Waals surface area contributed by atoms with Crippen LogP contribution in [0.5, 0.6) is 0 Å². The first-order valence-electron chi connectivity index (χ1n) is 4.87. The van der Waals surface area contributed by atoms with Crippen LogP contribution in [0, 0.1) is 5.92 Å². The summed E-state index contributed by atoms with van der Waals surface area (Å²) >= 11 is 0. The molecular weight excluding hydrogens is 160 g/mol. The third-order valence-electron chi connectivity index (χ3n) is 2.45. The van der Waals surface area contributed by atoms with Crippen molar-refractivity contribution in [2.45, 2.75) is 32.3 Å². The summed E-state index contributed by atoms with van der Waals surface area (Å²) in [6, 6.07) is 0. The van der Waals surface area contributed by atoms with Crippen LogP contribution in [0.4, 0.5) is 0 Å². The lowest BCUT2D eigenvalue weighted by atomic mass is 9.93. The molecule has 0 aromatic carbocycles. The molecule has 1 rings (SSSR count). The predicted octanol–water partition coefficient (Wildman–Crippen LogP) is 2.84. The molecule has 0 saturated heterocycles. The number of aliphatic hydroxyl groups excluding tert-OH is 1. The van der Waals surface area contributed by atoms with Gasteiger partial charge in [-0.25, -0.2) is 0 Å². The second kappa shape index (κ2) is 5.03. The Morgan fingerprint density at radius 1 is 1.62 bits per heavy atom. The molecule has 0 saturated carbocycles. The molecule has 2 atom stereocenters. The van der Waals surface area contributed by atoms with E-state index in [1.807, 2.05) is 6.92 Å². The first kappa shape index (κ1) is 10.3. The van der Waals surface area contributed by atoms with Gasteiger partial charge in [-0.3, -0.25) is 0 Å². The summed E-state index contributed by atoms with van der Waals surface area (Å²) in [5.74, 6) is 0.610. The quantitative estimate of drug-likeness (QED) is 0.656. The standard InChI is InChI=1S/C12H18O/c1-10(2)12(13)9-8-11-6-4-3-5-7-11/h3-6,11-13H,1,7-9H2,2H3. The molecule has 0 aromatic rings. The van der Waals surface area contributed by atoms with Crippen LogP contribution in [0.3, 0.4) is 0 Å². The van der Waals surface area contributed by atoms with Gasteiger partial charge in [-0.15, -0.1) is 0 Å². The Morgan fingerprint density at radius 2 is 2.38 bits per heavy atom. The highest BCUT2D eigenvalue weighted by Crippen LogP contribution is 2.19. The van der Waals surface area contributed by atoms with E-state index in [2.05, 4.69) is 30.9 Å². The highest BCUT2D eigenvalue weighted by molar-refractivity contribution is 5.11. The number of rotatable bonds is 4. The lowest BCUT2D eigenvalue weighted by Crippen LogP contribution is -2.10. The molecule has 1 aliphatic carbocycles. The molecular formula is C12H18O. The molecule has 1 aliphatic rings. The molecule has 0 aliphatic heterocycles. The third-order valence-corrected chi connectivity index (χ3v) is 2.45. The molecule has 0 aromatic heterocycles. The van der Waals surface area contributed by atoms with Crippen molar-refractivity contribution in [3.8, 4) is 0 Å². The summed E-state index contributed by atoms with van der Waals surface area (Å²) in [4.78, 5) is 0. The smallest absolute Gasteiger partial charge is 0.0745 e. The molecule has 0 bridgehead atoms. The Labute approximate surface area is 80.5 Å². The van der Waals surface area contributed by atoms with Crippen molar-refractivity contribution in [3.05, 3.63) is 36.5 Å². The van der Waals surface area contributed by atoms with Crippen molar-refractivity contribution in [1.29, 1.82) is 0 Å². The Hall–Kier alpha value is -0.820.